The average Bonchev–Trinajstić information content (AvgIpc) is 2.99. The molecular formula is C32H27F3N2O3. The lowest BCUT2D eigenvalue weighted by Gasteiger charge is -2.34. The highest BCUT2D eigenvalue weighted by Crippen LogP contribution is 2.44. The molecule has 0 radical (unpaired) electrons. The van der Waals surface area contributed by atoms with Crippen LogP contribution in [0.1, 0.15) is 28.5 Å². The second-order valence-corrected chi connectivity index (χ2v) is 8.77. The predicted molar refractivity (Wildman–Crippen MR) is 147 cm³/mol. The Morgan fingerprint density at radius 2 is 1.38 bits per heavy atom. The Balaban J connectivity index is 1.85. The standard InChI is InChI=1S/C32H27F3N2O3/c1-3-26(37-28(23-15-7-4-8-16-23)24-17-9-5-10-18-24)29(27-21-13-14-22-36-27)40-30(38)31(39-2,32(33,34)35)25-19-11-6-12-20-25/h3-22,26,29H,1H2,2H3/t26-,29-,31+/m0/s1. The zero-order chi connectivity index (χ0) is 28.6. The number of carbonyl (C=O) groups is 1. The number of nitrogens with zero attached hydrogens (tertiary/aromatic N) is 2. The highest BCUT2D eigenvalue weighted by atomic mass is 19.4. The first-order valence-corrected chi connectivity index (χ1v) is 12.4. The van der Waals surface area contributed by atoms with Crippen LogP contribution in [-0.2, 0) is 19.9 Å². The zero-order valence-corrected chi connectivity index (χ0v) is 21.7. The quantitative estimate of drug-likeness (QED) is 0.124. The molecule has 4 aromatic rings. The van der Waals surface area contributed by atoms with Gasteiger partial charge in [-0.15, -0.1) is 6.58 Å². The lowest BCUT2D eigenvalue weighted by Crippen LogP contribution is -2.52. The van der Waals surface area contributed by atoms with Gasteiger partial charge in [-0.1, -0.05) is 103 Å². The van der Waals surface area contributed by atoms with Crippen LogP contribution in [0.15, 0.2) is 133 Å². The van der Waals surface area contributed by atoms with Gasteiger partial charge in [0.15, 0.2) is 6.10 Å². The van der Waals surface area contributed by atoms with Crippen LogP contribution >= 0.6 is 0 Å². The fourth-order valence-electron chi connectivity index (χ4n) is 4.34. The first kappa shape index (κ1) is 28.4. The summed E-state index contributed by atoms with van der Waals surface area (Å²) >= 11 is 0. The molecule has 0 saturated carbocycles. The maximum Gasteiger partial charge on any atom is 0.432 e. The van der Waals surface area contributed by atoms with E-state index in [4.69, 9.17) is 14.5 Å². The van der Waals surface area contributed by atoms with Crippen LogP contribution in [-0.4, -0.2) is 36.0 Å². The Morgan fingerprint density at radius 3 is 1.82 bits per heavy atom. The van der Waals surface area contributed by atoms with Crippen molar-refractivity contribution in [1.29, 1.82) is 0 Å². The van der Waals surface area contributed by atoms with E-state index in [1.807, 2.05) is 60.7 Å². The van der Waals surface area contributed by atoms with E-state index in [1.54, 1.807) is 24.3 Å². The zero-order valence-electron chi connectivity index (χ0n) is 21.7. The summed E-state index contributed by atoms with van der Waals surface area (Å²) in [5.41, 5.74) is -1.53. The number of hydrogen-bond donors (Lipinski definition) is 0. The fourth-order valence-corrected chi connectivity index (χ4v) is 4.34. The molecule has 0 aliphatic carbocycles. The van der Waals surface area contributed by atoms with Gasteiger partial charge in [0.1, 0.15) is 6.04 Å². The van der Waals surface area contributed by atoms with Crippen molar-refractivity contribution in [3.63, 3.8) is 0 Å². The summed E-state index contributed by atoms with van der Waals surface area (Å²) < 4.78 is 54.4. The Kier molecular flexibility index (Phi) is 8.91. The molecule has 204 valence electrons. The van der Waals surface area contributed by atoms with Crippen molar-refractivity contribution in [3.8, 4) is 0 Å². The van der Waals surface area contributed by atoms with Gasteiger partial charge in [0.2, 0.25) is 0 Å². The molecule has 40 heavy (non-hydrogen) atoms. The SMILES string of the molecule is C=C[C@H](N=C(c1ccccc1)c1ccccc1)[C@H](OC(=O)[C@](OC)(c1ccccc1)C(F)(F)F)c1ccccn1. The molecule has 5 nitrogen and oxygen atoms in total. The smallest absolute Gasteiger partial charge is 0.432 e. The molecule has 0 spiro atoms. The van der Waals surface area contributed by atoms with Gasteiger partial charge in [-0.3, -0.25) is 9.98 Å². The van der Waals surface area contributed by atoms with Gasteiger partial charge in [0.05, 0.1) is 11.4 Å². The number of carbonyl (C=O) groups excluding carboxylic acids is 1. The molecular weight excluding hydrogens is 517 g/mol. The Bertz CT molecular complexity index is 1390. The Morgan fingerprint density at radius 1 is 0.850 bits per heavy atom. The van der Waals surface area contributed by atoms with E-state index < -0.39 is 35.5 Å². The number of pyridine rings is 1. The topological polar surface area (TPSA) is 60.8 Å². The van der Waals surface area contributed by atoms with E-state index in [-0.39, 0.29) is 5.69 Å². The van der Waals surface area contributed by atoms with E-state index in [0.29, 0.717) is 5.71 Å². The fraction of sp³-hybridized carbons (Fsp3) is 0.156. The highest BCUT2D eigenvalue weighted by molar-refractivity contribution is 6.13. The summed E-state index contributed by atoms with van der Waals surface area (Å²) in [4.78, 5) is 22.7. The summed E-state index contributed by atoms with van der Waals surface area (Å²) in [6.07, 6.45) is -3.61. The maximum absolute atomic E-state index is 14.6. The molecule has 3 atom stereocenters. The minimum atomic E-state index is -5.14. The van der Waals surface area contributed by atoms with Crippen molar-refractivity contribution in [3.05, 3.63) is 150 Å². The van der Waals surface area contributed by atoms with Crippen molar-refractivity contribution in [2.45, 2.75) is 23.9 Å². The van der Waals surface area contributed by atoms with Crippen LogP contribution in [0.3, 0.4) is 0 Å². The first-order valence-electron chi connectivity index (χ1n) is 12.4. The summed E-state index contributed by atoms with van der Waals surface area (Å²) in [6.45, 7) is 3.86. The minimum absolute atomic E-state index is 0.199. The Hall–Kier alpha value is -4.56. The first-order chi connectivity index (χ1) is 19.3. The largest absolute Gasteiger partial charge is 0.451 e. The molecule has 8 heteroatoms. The summed E-state index contributed by atoms with van der Waals surface area (Å²) in [5.74, 6) is -1.65. The molecule has 1 aromatic heterocycles. The molecule has 0 bridgehead atoms. The number of rotatable bonds is 10. The Labute approximate surface area is 230 Å². The third-order valence-corrected chi connectivity index (χ3v) is 6.31. The van der Waals surface area contributed by atoms with Crippen molar-refractivity contribution in [2.75, 3.05) is 7.11 Å². The van der Waals surface area contributed by atoms with Crippen molar-refractivity contribution in [2.24, 2.45) is 4.99 Å². The molecule has 0 fully saturated rings. The molecule has 0 unspecified atom stereocenters. The minimum Gasteiger partial charge on any atom is -0.451 e. The number of aliphatic imine (C=N–C) groups is 1. The molecule has 0 saturated heterocycles. The number of ether oxygens (including phenoxy) is 2. The van der Waals surface area contributed by atoms with E-state index in [2.05, 4.69) is 11.6 Å². The van der Waals surface area contributed by atoms with Crippen LogP contribution in [0.2, 0.25) is 0 Å². The highest BCUT2D eigenvalue weighted by Gasteiger charge is 2.64. The summed E-state index contributed by atoms with van der Waals surface area (Å²) in [5, 5.41) is 0. The second kappa shape index (κ2) is 12.5. The van der Waals surface area contributed by atoms with Crippen LogP contribution < -0.4 is 0 Å². The third-order valence-electron chi connectivity index (χ3n) is 6.31. The number of hydrogen-bond acceptors (Lipinski definition) is 5. The second-order valence-electron chi connectivity index (χ2n) is 8.77. The summed E-state index contributed by atoms with van der Waals surface area (Å²) in [6, 6.07) is 29.1. The predicted octanol–water partition coefficient (Wildman–Crippen LogP) is 6.86. The van der Waals surface area contributed by atoms with Crippen LogP contribution in [0.4, 0.5) is 13.2 Å². The molecule has 3 aromatic carbocycles. The number of methoxy groups -OCH3 is 1. The third kappa shape index (κ3) is 5.87. The van der Waals surface area contributed by atoms with Crippen molar-refractivity contribution in [1.82, 2.24) is 4.98 Å². The van der Waals surface area contributed by atoms with Gasteiger partial charge >= 0.3 is 12.1 Å². The van der Waals surface area contributed by atoms with Crippen LogP contribution in [0.5, 0.6) is 0 Å². The molecule has 4 rings (SSSR count). The number of alkyl halides is 3. The lowest BCUT2D eigenvalue weighted by atomic mass is 9.92. The van der Waals surface area contributed by atoms with Crippen molar-refractivity contribution >= 4 is 11.7 Å². The number of halogens is 3. The van der Waals surface area contributed by atoms with E-state index in [9.17, 15) is 18.0 Å². The van der Waals surface area contributed by atoms with Gasteiger partial charge in [-0.05, 0) is 12.1 Å². The number of benzene rings is 3. The molecule has 1 heterocycles. The molecule has 0 N–H and O–H groups in total. The molecule has 0 aliphatic rings. The van der Waals surface area contributed by atoms with Gasteiger partial charge in [0, 0.05) is 30.0 Å². The lowest BCUT2D eigenvalue weighted by molar-refractivity contribution is -0.278. The number of aromatic nitrogens is 1. The van der Waals surface area contributed by atoms with E-state index >= 15 is 0 Å². The van der Waals surface area contributed by atoms with Gasteiger partial charge in [-0.2, -0.15) is 13.2 Å². The summed E-state index contributed by atoms with van der Waals surface area (Å²) in [7, 11) is 0.823. The van der Waals surface area contributed by atoms with Crippen LogP contribution in [0.25, 0.3) is 0 Å². The van der Waals surface area contributed by atoms with Gasteiger partial charge in [-0.25, -0.2) is 4.79 Å². The van der Waals surface area contributed by atoms with E-state index in [1.165, 1.54) is 36.5 Å². The van der Waals surface area contributed by atoms with Gasteiger partial charge in [0.25, 0.3) is 5.60 Å². The van der Waals surface area contributed by atoms with Crippen molar-refractivity contribution < 1.29 is 27.4 Å². The molecule has 0 amide bonds. The maximum atomic E-state index is 14.6. The normalized spacial score (nSPS) is 14.3. The van der Waals surface area contributed by atoms with Crippen LogP contribution in [0, 0.1) is 0 Å². The van der Waals surface area contributed by atoms with E-state index in [0.717, 1.165) is 18.2 Å². The number of esters is 1. The average molecular weight is 545 g/mol. The molecule has 0 aliphatic heterocycles. The monoisotopic (exact) mass is 544 g/mol. The van der Waals surface area contributed by atoms with Gasteiger partial charge < -0.3 is 9.47 Å².